The molecule has 11 heteroatoms. The second-order valence-corrected chi connectivity index (χ2v) is 10.5. The molecule has 0 radical (unpaired) electrons. The molecule has 2 rings (SSSR count). The predicted octanol–water partition coefficient (Wildman–Crippen LogP) is 1.36. The monoisotopic (exact) mass is 496 g/mol. The van der Waals surface area contributed by atoms with Gasteiger partial charge < -0.3 is 30.3 Å². The van der Waals surface area contributed by atoms with E-state index >= 15 is 0 Å². The number of carbonyl (C=O) groups excluding carboxylic acids is 4. The van der Waals surface area contributed by atoms with Crippen molar-refractivity contribution in [3.05, 3.63) is 0 Å². The number of carbonyl (C=O) groups is 5. The van der Waals surface area contributed by atoms with Crippen molar-refractivity contribution in [3.63, 3.8) is 0 Å². The molecule has 0 aliphatic carbocycles. The number of nitrogens with zero attached hydrogens (tertiary/aromatic N) is 2. The minimum absolute atomic E-state index is 0.0127. The molecule has 11 nitrogen and oxygen atoms in total. The average molecular weight is 497 g/mol. The van der Waals surface area contributed by atoms with Crippen LogP contribution < -0.4 is 10.6 Å². The van der Waals surface area contributed by atoms with Crippen LogP contribution in [-0.2, 0) is 23.9 Å². The first-order chi connectivity index (χ1) is 16.4. The second kappa shape index (κ2) is 12.7. The minimum Gasteiger partial charge on any atom is -0.480 e. The molecule has 0 aromatic rings. The zero-order valence-electron chi connectivity index (χ0n) is 21.3. The Morgan fingerprint density at radius 2 is 1.69 bits per heavy atom. The lowest BCUT2D eigenvalue weighted by Gasteiger charge is -2.34. The van der Waals surface area contributed by atoms with Gasteiger partial charge >= 0.3 is 12.1 Å². The van der Waals surface area contributed by atoms with Crippen molar-refractivity contribution in [3.8, 4) is 0 Å². The Balaban J connectivity index is 1.74. The van der Waals surface area contributed by atoms with Gasteiger partial charge in [0.25, 0.3) is 0 Å². The maximum atomic E-state index is 12.8. The summed E-state index contributed by atoms with van der Waals surface area (Å²) in [4.78, 5) is 63.4. The van der Waals surface area contributed by atoms with Gasteiger partial charge in [0.05, 0.1) is 5.92 Å². The topological polar surface area (TPSA) is 145 Å². The van der Waals surface area contributed by atoms with Crippen molar-refractivity contribution in [2.75, 3.05) is 32.7 Å². The van der Waals surface area contributed by atoms with Crippen LogP contribution in [0.3, 0.4) is 0 Å². The van der Waals surface area contributed by atoms with Gasteiger partial charge in [-0.3, -0.25) is 14.4 Å². The Kier molecular flexibility index (Phi) is 10.3. The van der Waals surface area contributed by atoms with Crippen molar-refractivity contribution in [2.24, 2.45) is 11.8 Å². The van der Waals surface area contributed by atoms with E-state index in [0.29, 0.717) is 51.4 Å². The van der Waals surface area contributed by atoms with Crippen LogP contribution in [-0.4, -0.2) is 89.1 Å². The Bertz CT molecular complexity index is 787. The van der Waals surface area contributed by atoms with Gasteiger partial charge in [-0.1, -0.05) is 0 Å². The number of carboxylic acids is 1. The Hall–Kier alpha value is -2.85. The van der Waals surface area contributed by atoms with Crippen LogP contribution >= 0.6 is 0 Å². The fraction of sp³-hybridized carbons (Fsp3) is 0.792. The maximum Gasteiger partial charge on any atom is 0.410 e. The minimum atomic E-state index is -1.22. The van der Waals surface area contributed by atoms with Crippen LogP contribution in [0.1, 0.15) is 66.2 Å². The quantitative estimate of drug-likeness (QED) is 0.460. The normalized spacial score (nSPS) is 20.1. The summed E-state index contributed by atoms with van der Waals surface area (Å²) in [5.74, 6) is -2.05. The zero-order chi connectivity index (χ0) is 26.2. The molecule has 0 saturated carbocycles. The van der Waals surface area contributed by atoms with Crippen molar-refractivity contribution in [1.82, 2.24) is 20.4 Å². The maximum absolute atomic E-state index is 12.8. The summed E-state index contributed by atoms with van der Waals surface area (Å²) in [6.45, 7) is 8.69. The molecular formula is C24H40N4O7. The van der Waals surface area contributed by atoms with Crippen LogP contribution in [0.2, 0.25) is 0 Å². The fourth-order valence-corrected chi connectivity index (χ4v) is 4.43. The Morgan fingerprint density at radius 1 is 1.03 bits per heavy atom. The number of amides is 4. The number of aliphatic carboxylic acids is 1. The molecule has 0 unspecified atom stereocenters. The van der Waals surface area contributed by atoms with E-state index in [-0.39, 0.29) is 24.5 Å². The molecule has 3 N–H and O–H groups in total. The summed E-state index contributed by atoms with van der Waals surface area (Å²) in [6, 6.07) is -1.19. The summed E-state index contributed by atoms with van der Waals surface area (Å²) in [6.07, 6.45) is 3.83. The number of hydrogen-bond acceptors (Lipinski definition) is 6. The lowest BCUT2D eigenvalue weighted by Crippen LogP contribution is -2.51. The summed E-state index contributed by atoms with van der Waals surface area (Å²) in [5.41, 5.74) is -0.521. The first-order valence-electron chi connectivity index (χ1n) is 12.4. The standard InChI is InChI=1S/C24H40N4O7/c1-16(29)26-19(22(32)33)14-25-21(31)18-6-5-11-28(15-18)20(30)8-7-17-9-12-27(13-10-17)23(34)35-24(2,3)4/h17-19H,5-15H2,1-4H3,(H,25,31)(H,26,29)(H,32,33)/t18-,19-/m0/s1. The molecule has 2 aliphatic rings. The van der Waals surface area contributed by atoms with E-state index in [2.05, 4.69) is 10.6 Å². The van der Waals surface area contributed by atoms with Gasteiger partial charge in [0, 0.05) is 46.1 Å². The van der Waals surface area contributed by atoms with E-state index in [0.717, 1.165) is 19.3 Å². The molecule has 2 fully saturated rings. The summed E-state index contributed by atoms with van der Waals surface area (Å²) < 4.78 is 5.42. The van der Waals surface area contributed by atoms with Crippen LogP contribution in [0.4, 0.5) is 4.79 Å². The van der Waals surface area contributed by atoms with Crippen LogP contribution in [0, 0.1) is 11.8 Å². The lowest BCUT2D eigenvalue weighted by molar-refractivity contribution is -0.141. The van der Waals surface area contributed by atoms with Gasteiger partial charge in [0.2, 0.25) is 17.7 Å². The number of nitrogens with one attached hydrogen (secondary N) is 2. The molecule has 2 heterocycles. The molecule has 2 aliphatic heterocycles. The number of hydrogen-bond donors (Lipinski definition) is 3. The number of likely N-dealkylation sites (tertiary alicyclic amines) is 2. The number of ether oxygens (including phenoxy) is 1. The molecule has 4 amide bonds. The number of piperidine rings is 2. The molecule has 35 heavy (non-hydrogen) atoms. The highest BCUT2D eigenvalue weighted by molar-refractivity contribution is 5.84. The molecule has 0 spiro atoms. The highest BCUT2D eigenvalue weighted by Gasteiger charge is 2.31. The third-order valence-electron chi connectivity index (χ3n) is 6.33. The van der Waals surface area contributed by atoms with Crippen LogP contribution in [0.25, 0.3) is 0 Å². The van der Waals surface area contributed by atoms with Gasteiger partial charge in [-0.2, -0.15) is 0 Å². The smallest absolute Gasteiger partial charge is 0.410 e. The van der Waals surface area contributed by atoms with Crippen LogP contribution in [0.15, 0.2) is 0 Å². The predicted molar refractivity (Wildman–Crippen MR) is 127 cm³/mol. The van der Waals surface area contributed by atoms with Gasteiger partial charge in [0.1, 0.15) is 11.6 Å². The van der Waals surface area contributed by atoms with Gasteiger partial charge in [-0.25, -0.2) is 9.59 Å². The molecule has 0 bridgehead atoms. The average Bonchev–Trinajstić information content (AvgIpc) is 2.78. The van der Waals surface area contributed by atoms with Crippen molar-refractivity contribution in [1.29, 1.82) is 0 Å². The van der Waals surface area contributed by atoms with Crippen molar-refractivity contribution in [2.45, 2.75) is 77.9 Å². The van der Waals surface area contributed by atoms with E-state index in [1.165, 1.54) is 6.92 Å². The van der Waals surface area contributed by atoms with Gasteiger partial charge in [-0.05, 0) is 58.8 Å². The number of rotatable bonds is 8. The molecule has 2 atom stereocenters. The molecule has 198 valence electrons. The highest BCUT2D eigenvalue weighted by Crippen LogP contribution is 2.25. The SMILES string of the molecule is CC(=O)N[C@@H](CNC(=O)[C@H]1CCCN(C(=O)CCC2CCN(C(=O)OC(C)(C)C)CC2)C1)C(=O)O. The number of carboxylic acid groups (broad SMARTS) is 1. The molecular weight excluding hydrogens is 456 g/mol. The first-order valence-corrected chi connectivity index (χ1v) is 12.4. The summed E-state index contributed by atoms with van der Waals surface area (Å²) >= 11 is 0. The van der Waals surface area contributed by atoms with E-state index < -0.39 is 29.4 Å². The lowest BCUT2D eigenvalue weighted by atomic mass is 9.91. The van der Waals surface area contributed by atoms with E-state index in [1.807, 2.05) is 20.8 Å². The Labute approximate surface area is 206 Å². The summed E-state index contributed by atoms with van der Waals surface area (Å²) in [7, 11) is 0. The van der Waals surface area contributed by atoms with Crippen molar-refractivity contribution < 1.29 is 33.8 Å². The van der Waals surface area contributed by atoms with Gasteiger partial charge in [-0.15, -0.1) is 0 Å². The van der Waals surface area contributed by atoms with Crippen LogP contribution in [0.5, 0.6) is 0 Å². The van der Waals surface area contributed by atoms with Gasteiger partial charge in [0.15, 0.2) is 0 Å². The summed E-state index contributed by atoms with van der Waals surface area (Å²) in [5, 5.41) is 14.0. The third-order valence-corrected chi connectivity index (χ3v) is 6.33. The Morgan fingerprint density at radius 3 is 2.26 bits per heavy atom. The van der Waals surface area contributed by atoms with E-state index in [9.17, 15) is 24.0 Å². The molecule has 2 saturated heterocycles. The first kappa shape index (κ1) is 28.4. The highest BCUT2D eigenvalue weighted by atomic mass is 16.6. The van der Waals surface area contributed by atoms with Crippen molar-refractivity contribution >= 4 is 29.8 Å². The molecule has 0 aromatic carbocycles. The zero-order valence-corrected chi connectivity index (χ0v) is 21.3. The third kappa shape index (κ3) is 9.73. The van der Waals surface area contributed by atoms with E-state index in [1.54, 1.807) is 9.80 Å². The second-order valence-electron chi connectivity index (χ2n) is 10.5. The van der Waals surface area contributed by atoms with E-state index in [4.69, 9.17) is 9.84 Å². The fourth-order valence-electron chi connectivity index (χ4n) is 4.43. The largest absolute Gasteiger partial charge is 0.480 e. The molecule has 0 aromatic heterocycles.